The highest BCUT2D eigenvalue weighted by atomic mass is 35.5. The zero-order chi connectivity index (χ0) is 6.97. The molecule has 64 valence electrons. The van der Waals surface area contributed by atoms with E-state index in [0.717, 1.165) is 5.71 Å². The normalized spacial score (nSPS) is 17.2. The molecule has 3 nitrogen and oxygen atoms in total. The number of rotatable bonds is 0. The molecule has 12 heavy (non-hydrogen) atoms. The highest BCUT2D eigenvalue weighted by Gasteiger charge is 2.12. The molecule has 0 fully saturated rings. The van der Waals surface area contributed by atoms with Crippen molar-refractivity contribution in [3.63, 3.8) is 0 Å². The molecule has 1 amide bonds. The molecule has 2 heterocycles. The lowest BCUT2D eigenvalue weighted by Gasteiger charge is -1.97. The number of fused-ring (bicyclic) bond motifs is 1. The minimum atomic E-state index is -0.208. The van der Waals surface area contributed by atoms with Gasteiger partial charge in [0.05, 0.1) is 11.4 Å². The summed E-state index contributed by atoms with van der Waals surface area (Å²) in [5, 5.41) is 0. The summed E-state index contributed by atoms with van der Waals surface area (Å²) in [5.41, 5.74) is 1.45. The number of aliphatic imine (C=N–C) groups is 2. The Labute approximate surface area is 81.8 Å². The first-order valence-electron chi connectivity index (χ1n) is 2.92. The fourth-order valence-corrected chi connectivity index (χ4v) is 0.869. The van der Waals surface area contributed by atoms with Gasteiger partial charge in [0.25, 0.3) is 5.91 Å². The molecule has 0 saturated heterocycles. The van der Waals surface area contributed by atoms with Crippen molar-refractivity contribution in [2.75, 3.05) is 0 Å². The predicted octanol–water partition coefficient (Wildman–Crippen LogP) is 1.34. The van der Waals surface area contributed by atoms with Gasteiger partial charge in [-0.1, -0.05) is 0 Å². The minimum absolute atomic E-state index is 0. The molecule has 2 aliphatic rings. The first kappa shape index (κ1) is 11.1. The van der Waals surface area contributed by atoms with E-state index in [-0.39, 0.29) is 30.7 Å². The van der Waals surface area contributed by atoms with Crippen molar-refractivity contribution in [3.8, 4) is 0 Å². The Kier molecular flexibility index (Phi) is 3.86. The Bertz CT molecular complexity index is 315. The Hall–Kier alpha value is -0.930. The molecule has 2 aliphatic heterocycles. The second-order valence-corrected chi connectivity index (χ2v) is 2.00. The predicted molar refractivity (Wildman–Crippen MR) is 52.7 cm³/mol. The molecule has 0 aliphatic carbocycles. The third-order valence-corrected chi connectivity index (χ3v) is 1.32. The van der Waals surface area contributed by atoms with Crippen molar-refractivity contribution in [2.45, 2.75) is 0 Å². The maximum Gasteiger partial charge on any atom is 0.270 e. The van der Waals surface area contributed by atoms with Crippen LogP contribution in [-0.4, -0.2) is 17.3 Å². The summed E-state index contributed by atoms with van der Waals surface area (Å²) in [6.45, 7) is 0. The minimum Gasteiger partial charge on any atom is -0.267 e. The van der Waals surface area contributed by atoms with E-state index in [9.17, 15) is 4.79 Å². The summed E-state index contributed by atoms with van der Waals surface area (Å²) in [5.74, 6) is -0.208. The van der Waals surface area contributed by atoms with Crippen molar-refractivity contribution >= 4 is 42.1 Å². The molecule has 0 saturated carbocycles. The number of amides is 1. The standard InChI is InChI=1S/C7H4N2O.2ClH/c10-7-2-1-5-6(9-7)3-4-8-5;;/h1-4H;2*1H. The van der Waals surface area contributed by atoms with E-state index in [1.54, 1.807) is 18.4 Å². The third-order valence-electron chi connectivity index (χ3n) is 1.32. The van der Waals surface area contributed by atoms with Crippen LogP contribution in [0.15, 0.2) is 34.4 Å². The smallest absolute Gasteiger partial charge is 0.267 e. The highest BCUT2D eigenvalue weighted by molar-refractivity contribution is 6.54. The Morgan fingerprint density at radius 3 is 2.50 bits per heavy atom. The molecular weight excluding hydrogens is 199 g/mol. The number of carbonyl (C=O) groups is 1. The molecule has 5 heteroatoms. The number of allylic oxidation sites excluding steroid dienone is 2. The van der Waals surface area contributed by atoms with Crippen LogP contribution in [0.25, 0.3) is 0 Å². The van der Waals surface area contributed by atoms with Gasteiger partial charge in [0.15, 0.2) is 0 Å². The first-order valence-corrected chi connectivity index (χ1v) is 2.92. The number of nitrogens with zero attached hydrogens (tertiary/aromatic N) is 2. The number of halogens is 2. The van der Waals surface area contributed by atoms with E-state index in [1.165, 1.54) is 6.08 Å². The van der Waals surface area contributed by atoms with Crippen molar-refractivity contribution < 1.29 is 4.79 Å². The monoisotopic (exact) mass is 204 g/mol. The van der Waals surface area contributed by atoms with Crippen LogP contribution in [0.1, 0.15) is 0 Å². The summed E-state index contributed by atoms with van der Waals surface area (Å²) in [4.78, 5) is 18.3. The van der Waals surface area contributed by atoms with Gasteiger partial charge in [-0.3, -0.25) is 9.79 Å². The van der Waals surface area contributed by atoms with E-state index < -0.39 is 0 Å². The average Bonchev–Trinajstić information content (AvgIpc) is 2.33. The summed E-state index contributed by atoms with van der Waals surface area (Å²) >= 11 is 0. The molecule has 0 bridgehead atoms. The molecule has 0 atom stereocenters. The van der Waals surface area contributed by atoms with Gasteiger partial charge in [-0.25, -0.2) is 4.99 Å². The molecule has 0 aromatic rings. The molecular formula is C7H6Cl2N2O. The van der Waals surface area contributed by atoms with Gasteiger partial charge < -0.3 is 0 Å². The van der Waals surface area contributed by atoms with Gasteiger partial charge >= 0.3 is 0 Å². The fourth-order valence-electron chi connectivity index (χ4n) is 0.869. The Morgan fingerprint density at radius 1 is 1.00 bits per heavy atom. The summed E-state index contributed by atoms with van der Waals surface area (Å²) < 4.78 is 0. The van der Waals surface area contributed by atoms with Crippen LogP contribution < -0.4 is 0 Å². The van der Waals surface area contributed by atoms with Crippen molar-refractivity contribution in [3.05, 3.63) is 24.4 Å². The SMILES string of the molecule is Cl.Cl.O=C1C=CC2=NC=CC2=N1. The van der Waals surface area contributed by atoms with E-state index in [2.05, 4.69) is 9.98 Å². The van der Waals surface area contributed by atoms with Crippen LogP contribution in [0.4, 0.5) is 0 Å². The third kappa shape index (κ3) is 1.81. The molecule has 0 aromatic carbocycles. The van der Waals surface area contributed by atoms with E-state index in [4.69, 9.17) is 0 Å². The average molecular weight is 205 g/mol. The molecule has 2 rings (SSSR count). The molecule has 0 spiro atoms. The van der Waals surface area contributed by atoms with Crippen LogP contribution in [0, 0.1) is 0 Å². The van der Waals surface area contributed by atoms with Gasteiger partial charge in [0.2, 0.25) is 0 Å². The molecule has 0 N–H and O–H groups in total. The van der Waals surface area contributed by atoms with E-state index in [1.807, 2.05) is 0 Å². The largest absolute Gasteiger partial charge is 0.270 e. The van der Waals surface area contributed by atoms with Gasteiger partial charge in [0.1, 0.15) is 0 Å². The van der Waals surface area contributed by atoms with Gasteiger partial charge in [0, 0.05) is 12.3 Å². The van der Waals surface area contributed by atoms with Crippen LogP contribution in [0.3, 0.4) is 0 Å². The number of carbonyl (C=O) groups excluding carboxylic acids is 1. The van der Waals surface area contributed by atoms with Crippen LogP contribution in [0.2, 0.25) is 0 Å². The second-order valence-electron chi connectivity index (χ2n) is 2.00. The van der Waals surface area contributed by atoms with Gasteiger partial charge in [-0.05, 0) is 12.2 Å². The maximum absolute atomic E-state index is 10.6. The van der Waals surface area contributed by atoms with E-state index >= 15 is 0 Å². The maximum atomic E-state index is 10.6. The van der Waals surface area contributed by atoms with Crippen molar-refractivity contribution in [2.24, 2.45) is 9.98 Å². The lowest BCUT2D eigenvalue weighted by Crippen LogP contribution is -2.12. The lowest BCUT2D eigenvalue weighted by atomic mass is 10.2. The number of hydrogen-bond donors (Lipinski definition) is 0. The molecule has 0 radical (unpaired) electrons. The molecule has 0 unspecified atom stereocenters. The summed E-state index contributed by atoms with van der Waals surface area (Å²) in [6, 6.07) is 0. The van der Waals surface area contributed by atoms with Crippen LogP contribution in [0.5, 0.6) is 0 Å². The summed E-state index contributed by atoms with van der Waals surface area (Å²) in [7, 11) is 0. The zero-order valence-corrected chi connectivity index (χ0v) is 7.56. The van der Waals surface area contributed by atoms with Crippen molar-refractivity contribution in [1.82, 2.24) is 0 Å². The van der Waals surface area contributed by atoms with Crippen molar-refractivity contribution in [1.29, 1.82) is 0 Å². The highest BCUT2D eigenvalue weighted by Crippen LogP contribution is 2.04. The van der Waals surface area contributed by atoms with E-state index in [0.29, 0.717) is 5.71 Å². The Balaban J connectivity index is 0.000000605. The van der Waals surface area contributed by atoms with Crippen LogP contribution in [-0.2, 0) is 4.79 Å². The first-order chi connectivity index (χ1) is 4.86. The van der Waals surface area contributed by atoms with Gasteiger partial charge in [-0.2, -0.15) is 0 Å². The quantitative estimate of drug-likeness (QED) is 0.588. The second kappa shape index (κ2) is 4.18. The fraction of sp³-hybridized carbons (Fsp3) is 0. The van der Waals surface area contributed by atoms with Crippen LogP contribution >= 0.6 is 24.8 Å². The Morgan fingerprint density at radius 2 is 1.75 bits per heavy atom. The zero-order valence-electron chi connectivity index (χ0n) is 5.93. The van der Waals surface area contributed by atoms with Gasteiger partial charge in [-0.15, -0.1) is 24.8 Å². The molecule has 0 aromatic heterocycles. The number of dihydropyridines is 1. The summed E-state index contributed by atoms with van der Waals surface area (Å²) in [6.07, 6.45) is 6.44. The number of hydrogen-bond acceptors (Lipinski definition) is 2. The lowest BCUT2D eigenvalue weighted by molar-refractivity contribution is -0.113. The topological polar surface area (TPSA) is 41.8 Å².